The van der Waals surface area contributed by atoms with Crippen LogP contribution in [0.2, 0.25) is 0 Å². The van der Waals surface area contributed by atoms with Crippen molar-refractivity contribution in [3.05, 3.63) is 30.5 Å². The highest BCUT2D eigenvalue weighted by molar-refractivity contribution is 5.83. The van der Waals surface area contributed by atoms with Crippen LogP contribution in [-0.2, 0) is 16.1 Å². The number of carbonyl (C=O) groups excluding carboxylic acids is 1. The van der Waals surface area contributed by atoms with E-state index in [2.05, 4.69) is 10.4 Å². The van der Waals surface area contributed by atoms with Gasteiger partial charge < -0.3 is 10.1 Å². The van der Waals surface area contributed by atoms with Gasteiger partial charge in [-0.05, 0) is 31.9 Å². The molecule has 0 amide bonds. The van der Waals surface area contributed by atoms with E-state index in [4.69, 9.17) is 4.74 Å². The molecule has 0 aliphatic heterocycles. The third-order valence-electron chi connectivity index (χ3n) is 4.22. The Kier molecular flexibility index (Phi) is 3.22. The molecule has 1 aliphatic carbocycles. The molecule has 3 rings (SSSR count). The Balaban J connectivity index is 1.99. The molecule has 106 valence electrons. The topological polar surface area (TPSA) is 56.2 Å². The summed E-state index contributed by atoms with van der Waals surface area (Å²) in [6, 6.07) is 8.01. The van der Waals surface area contributed by atoms with Crippen LogP contribution in [0, 0.1) is 5.92 Å². The average Bonchev–Trinajstić information content (AvgIpc) is 3.27. The van der Waals surface area contributed by atoms with Crippen LogP contribution < -0.4 is 5.32 Å². The van der Waals surface area contributed by atoms with E-state index in [0.717, 1.165) is 23.7 Å². The monoisotopic (exact) mass is 273 g/mol. The van der Waals surface area contributed by atoms with Gasteiger partial charge in [-0.3, -0.25) is 4.68 Å². The van der Waals surface area contributed by atoms with Crippen molar-refractivity contribution < 1.29 is 9.53 Å². The van der Waals surface area contributed by atoms with Crippen LogP contribution in [0.25, 0.3) is 10.9 Å². The van der Waals surface area contributed by atoms with Gasteiger partial charge in [0.15, 0.2) is 0 Å². The van der Waals surface area contributed by atoms with Crippen LogP contribution >= 0.6 is 0 Å². The van der Waals surface area contributed by atoms with Gasteiger partial charge in [0, 0.05) is 5.39 Å². The van der Waals surface area contributed by atoms with E-state index in [1.165, 1.54) is 7.11 Å². The van der Waals surface area contributed by atoms with Gasteiger partial charge in [0.25, 0.3) is 0 Å². The molecule has 0 saturated heterocycles. The van der Waals surface area contributed by atoms with E-state index in [9.17, 15) is 4.79 Å². The summed E-state index contributed by atoms with van der Waals surface area (Å²) in [5.74, 6) is 0.116. The minimum atomic E-state index is -0.677. The van der Waals surface area contributed by atoms with Crippen LogP contribution in [0.5, 0.6) is 0 Å². The number of nitrogens with zero attached hydrogens (tertiary/aromatic N) is 2. The van der Waals surface area contributed by atoms with Crippen molar-refractivity contribution in [3.63, 3.8) is 0 Å². The SMILES string of the molecule is CNC(Cn1ncc2ccccc21)(C(=O)OC)C1CC1. The maximum Gasteiger partial charge on any atom is 0.328 e. The Morgan fingerprint density at radius 3 is 2.90 bits per heavy atom. The van der Waals surface area contributed by atoms with Crippen molar-refractivity contribution >= 4 is 16.9 Å². The van der Waals surface area contributed by atoms with Gasteiger partial charge >= 0.3 is 5.97 Å². The lowest BCUT2D eigenvalue weighted by atomic mass is 9.93. The Labute approximate surface area is 117 Å². The summed E-state index contributed by atoms with van der Waals surface area (Å²) in [6.45, 7) is 0.494. The smallest absolute Gasteiger partial charge is 0.328 e. The number of nitrogens with one attached hydrogen (secondary N) is 1. The molecule has 1 aromatic carbocycles. The highest BCUT2D eigenvalue weighted by Gasteiger charge is 2.51. The fraction of sp³-hybridized carbons (Fsp3) is 0.467. The second-order valence-electron chi connectivity index (χ2n) is 5.35. The van der Waals surface area contributed by atoms with Crippen molar-refractivity contribution in [2.24, 2.45) is 5.92 Å². The van der Waals surface area contributed by atoms with Crippen LogP contribution in [0.4, 0.5) is 0 Å². The third-order valence-corrected chi connectivity index (χ3v) is 4.22. The lowest BCUT2D eigenvalue weighted by molar-refractivity contribution is -0.150. The number of ether oxygens (including phenoxy) is 1. The lowest BCUT2D eigenvalue weighted by Crippen LogP contribution is -2.56. The summed E-state index contributed by atoms with van der Waals surface area (Å²) in [5, 5.41) is 8.70. The van der Waals surface area contributed by atoms with E-state index in [-0.39, 0.29) is 5.97 Å². The zero-order valence-electron chi connectivity index (χ0n) is 11.8. The number of benzene rings is 1. The Bertz CT molecular complexity index is 633. The minimum absolute atomic E-state index is 0.206. The van der Waals surface area contributed by atoms with Gasteiger partial charge in [0.2, 0.25) is 0 Å². The largest absolute Gasteiger partial charge is 0.468 e. The Morgan fingerprint density at radius 2 is 2.25 bits per heavy atom. The predicted octanol–water partition coefficient (Wildman–Crippen LogP) is 1.58. The first kappa shape index (κ1) is 13.1. The number of para-hydroxylation sites is 1. The molecule has 1 heterocycles. The highest BCUT2D eigenvalue weighted by Crippen LogP contribution is 2.41. The molecule has 20 heavy (non-hydrogen) atoms. The van der Waals surface area contributed by atoms with Crippen molar-refractivity contribution in [1.29, 1.82) is 0 Å². The first-order chi connectivity index (χ1) is 9.71. The summed E-state index contributed by atoms with van der Waals surface area (Å²) < 4.78 is 6.92. The Hall–Kier alpha value is -1.88. The molecular formula is C15H19N3O2. The first-order valence-electron chi connectivity index (χ1n) is 6.89. The zero-order chi connectivity index (χ0) is 14.2. The average molecular weight is 273 g/mol. The van der Waals surface area contributed by atoms with Gasteiger partial charge in [-0.25, -0.2) is 4.79 Å². The number of carbonyl (C=O) groups is 1. The Morgan fingerprint density at radius 1 is 1.50 bits per heavy atom. The molecule has 5 nitrogen and oxygen atoms in total. The maximum atomic E-state index is 12.3. The number of methoxy groups -OCH3 is 1. The van der Waals surface area contributed by atoms with Gasteiger partial charge in [0.1, 0.15) is 5.54 Å². The van der Waals surface area contributed by atoms with Gasteiger partial charge in [-0.1, -0.05) is 18.2 Å². The molecule has 0 spiro atoms. The molecule has 1 atom stereocenters. The van der Waals surface area contributed by atoms with E-state index in [0.29, 0.717) is 12.5 Å². The molecule has 0 radical (unpaired) electrons. The zero-order valence-corrected chi connectivity index (χ0v) is 11.8. The molecule has 1 N–H and O–H groups in total. The number of aromatic nitrogens is 2. The minimum Gasteiger partial charge on any atom is -0.468 e. The normalized spacial score (nSPS) is 17.9. The highest BCUT2D eigenvalue weighted by atomic mass is 16.5. The molecule has 1 aliphatic rings. The van der Waals surface area contributed by atoms with E-state index < -0.39 is 5.54 Å². The lowest BCUT2D eigenvalue weighted by Gasteiger charge is -2.30. The number of hydrogen-bond donors (Lipinski definition) is 1. The van der Waals surface area contributed by atoms with Crippen molar-refractivity contribution in [2.75, 3.05) is 14.2 Å². The molecule has 1 aromatic heterocycles. The summed E-state index contributed by atoms with van der Waals surface area (Å²) in [6.07, 6.45) is 3.93. The predicted molar refractivity (Wildman–Crippen MR) is 76.3 cm³/mol. The quantitative estimate of drug-likeness (QED) is 0.840. The van der Waals surface area contributed by atoms with Crippen molar-refractivity contribution in [1.82, 2.24) is 15.1 Å². The fourth-order valence-electron chi connectivity index (χ4n) is 2.89. The van der Waals surface area contributed by atoms with Crippen LogP contribution in [0.1, 0.15) is 12.8 Å². The summed E-state index contributed by atoms with van der Waals surface area (Å²) in [7, 11) is 3.26. The summed E-state index contributed by atoms with van der Waals surface area (Å²) in [5.41, 5.74) is 0.362. The molecule has 1 unspecified atom stereocenters. The molecule has 1 saturated carbocycles. The molecule has 2 aromatic rings. The molecular weight excluding hydrogens is 254 g/mol. The van der Waals surface area contributed by atoms with Gasteiger partial charge in [0.05, 0.1) is 25.4 Å². The van der Waals surface area contributed by atoms with Crippen molar-refractivity contribution in [2.45, 2.75) is 24.9 Å². The maximum absolute atomic E-state index is 12.3. The van der Waals surface area contributed by atoms with E-state index in [1.807, 2.05) is 42.2 Å². The standard InChI is InChI=1S/C15H19N3O2/c1-16-15(12-7-8-12,14(19)20-2)10-18-13-6-4-3-5-11(13)9-17-18/h3-6,9,12,16H,7-8,10H2,1-2H3. The van der Waals surface area contributed by atoms with Crippen LogP contribution in [0.3, 0.4) is 0 Å². The van der Waals surface area contributed by atoms with Crippen LogP contribution in [-0.4, -0.2) is 35.4 Å². The number of hydrogen-bond acceptors (Lipinski definition) is 4. The number of fused-ring (bicyclic) bond motifs is 1. The van der Waals surface area contributed by atoms with E-state index in [1.54, 1.807) is 0 Å². The third kappa shape index (κ3) is 1.98. The molecule has 5 heteroatoms. The number of likely N-dealkylation sites (N-methyl/N-ethyl adjacent to an activating group) is 1. The summed E-state index contributed by atoms with van der Waals surface area (Å²) >= 11 is 0. The van der Waals surface area contributed by atoms with Gasteiger partial charge in [-0.15, -0.1) is 0 Å². The molecule has 0 bridgehead atoms. The summed E-state index contributed by atoms with van der Waals surface area (Å²) in [4.78, 5) is 12.3. The van der Waals surface area contributed by atoms with Crippen LogP contribution in [0.15, 0.2) is 30.5 Å². The van der Waals surface area contributed by atoms with Gasteiger partial charge in [-0.2, -0.15) is 5.10 Å². The number of rotatable bonds is 5. The second kappa shape index (κ2) is 4.90. The fourth-order valence-corrected chi connectivity index (χ4v) is 2.89. The number of esters is 1. The second-order valence-corrected chi connectivity index (χ2v) is 5.35. The molecule has 1 fully saturated rings. The van der Waals surface area contributed by atoms with Crippen molar-refractivity contribution in [3.8, 4) is 0 Å². The first-order valence-corrected chi connectivity index (χ1v) is 6.89. The van der Waals surface area contributed by atoms with E-state index >= 15 is 0 Å².